The molecule has 1 saturated heterocycles. The molecule has 0 N–H and O–H groups in total. The van der Waals surface area contributed by atoms with Crippen LogP contribution in [-0.2, 0) is 24.5 Å². The molecular formula is C13H17NO5S2. The Morgan fingerprint density at radius 3 is 2.33 bits per heavy atom. The monoisotopic (exact) mass is 331 g/mol. The van der Waals surface area contributed by atoms with Crippen LogP contribution in [0.4, 0.5) is 0 Å². The zero-order valence-corrected chi connectivity index (χ0v) is 13.1. The van der Waals surface area contributed by atoms with Gasteiger partial charge < -0.3 is 9.47 Å². The second-order valence-electron chi connectivity index (χ2n) is 5.13. The van der Waals surface area contributed by atoms with Crippen molar-refractivity contribution in [2.45, 2.75) is 23.8 Å². The van der Waals surface area contributed by atoms with Crippen molar-refractivity contribution in [2.24, 2.45) is 3.77 Å². The maximum atomic E-state index is 12.4. The molecule has 2 aliphatic rings. The number of rotatable bonds is 4. The summed E-state index contributed by atoms with van der Waals surface area (Å²) >= 11 is 0. The van der Waals surface area contributed by atoms with Crippen LogP contribution in [0, 0.1) is 0 Å². The second-order valence-corrected chi connectivity index (χ2v) is 9.51. The fourth-order valence-electron chi connectivity index (χ4n) is 1.95. The molecule has 2 fully saturated rings. The second kappa shape index (κ2) is 5.58. The summed E-state index contributed by atoms with van der Waals surface area (Å²) in [6.45, 7) is 0.567. The molecule has 0 unspecified atom stereocenters. The van der Waals surface area contributed by atoms with E-state index in [0.717, 1.165) is 12.8 Å². The van der Waals surface area contributed by atoms with E-state index in [1.165, 1.54) is 12.1 Å². The van der Waals surface area contributed by atoms with Gasteiger partial charge in [-0.3, -0.25) is 0 Å². The van der Waals surface area contributed by atoms with E-state index in [4.69, 9.17) is 9.47 Å². The predicted molar refractivity (Wildman–Crippen MR) is 78.4 cm³/mol. The Balaban J connectivity index is 1.83. The van der Waals surface area contributed by atoms with Gasteiger partial charge >= 0.3 is 0 Å². The van der Waals surface area contributed by atoms with Crippen molar-refractivity contribution in [3.8, 4) is 5.75 Å². The summed E-state index contributed by atoms with van der Waals surface area (Å²) in [5.41, 5.74) is 0. The first-order chi connectivity index (χ1) is 9.97. The summed E-state index contributed by atoms with van der Waals surface area (Å²) in [4.78, 5) is 0.0415. The highest BCUT2D eigenvalue weighted by atomic mass is 32.3. The fraction of sp³-hybridized carbons (Fsp3) is 0.538. The van der Waals surface area contributed by atoms with Gasteiger partial charge in [-0.15, -0.1) is 3.77 Å². The Morgan fingerprint density at radius 1 is 1.14 bits per heavy atom. The van der Waals surface area contributed by atoms with E-state index in [2.05, 4.69) is 3.77 Å². The summed E-state index contributed by atoms with van der Waals surface area (Å²) in [6, 6.07) is 6.10. The lowest BCUT2D eigenvalue weighted by molar-refractivity contribution is 0.158. The number of hydrogen-bond donors (Lipinski definition) is 0. The Kier molecular flexibility index (Phi) is 3.94. The van der Waals surface area contributed by atoms with Crippen LogP contribution in [0.25, 0.3) is 0 Å². The Bertz CT molecular complexity index is 716. The molecule has 0 aromatic heterocycles. The molecule has 6 nitrogen and oxygen atoms in total. The Morgan fingerprint density at radius 2 is 1.76 bits per heavy atom. The molecule has 21 heavy (non-hydrogen) atoms. The minimum Gasteiger partial charge on any atom is -0.490 e. The molecule has 1 heterocycles. The molecule has 1 aliphatic heterocycles. The van der Waals surface area contributed by atoms with Gasteiger partial charge in [0.2, 0.25) is 0 Å². The molecule has 3 rings (SSSR count). The number of ether oxygens (including phenoxy) is 2. The summed E-state index contributed by atoms with van der Waals surface area (Å²) in [7, 11) is -6.64. The van der Waals surface area contributed by atoms with Gasteiger partial charge in [0.25, 0.3) is 10.0 Å². The van der Waals surface area contributed by atoms with E-state index in [1.54, 1.807) is 12.1 Å². The lowest BCUT2D eigenvalue weighted by Gasteiger charge is -2.15. The van der Waals surface area contributed by atoms with Crippen molar-refractivity contribution in [2.75, 3.05) is 24.7 Å². The molecule has 0 amide bonds. The van der Waals surface area contributed by atoms with Gasteiger partial charge in [-0.2, -0.15) is 8.42 Å². The first kappa shape index (κ1) is 14.8. The maximum absolute atomic E-state index is 12.4. The third kappa shape index (κ3) is 3.75. The van der Waals surface area contributed by atoms with E-state index >= 15 is 0 Å². The van der Waals surface area contributed by atoms with E-state index < -0.39 is 19.8 Å². The lowest BCUT2D eigenvalue weighted by atomic mass is 10.3. The van der Waals surface area contributed by atoms with Gasteiger partial charge in [-0.1, -0.05) is 0 Å². The molecule has 1 aromatic rings. The van der Waals surface area contributed by atoms with Crippen molar-refractivity contribution in [3.05, 3.63) is 24.3 Å². The van der Waals surface area contributed by atoms with Crippen LogP contribution in [-0.4, -0.2) is 43.5 Å². The van der Waals surface area contributed by atoms with Gasteiger partial charge in [0.05, 0.1) is 45.4 Å². The molecular weight excluding hydrogens is 314 g/mol. The highest BCUT2D eigenvalue weighted by Crippen LogP contribution is 2.27. The first-order valence-corrected chi connectivity index (χ1v) is 10.1. The number of sulfonamides is 1. The largest absolute Gasteiger partial charge is 0.490 e. The van der Waals surface area contributed by atoms with Crippen molar-refractivity contribution in [3.63, 3.8) is 0 Å². The Labute approximate surface area is 124 Å². The average molecular weight is 331 g/mol. The predicted octanol–water partition coefficient (Wildman–Crippen LogP) is 1.41. The average Bonchev–Trinajstić information content (AvgIpc) is 3.23. The Hall–Kier alpha value is -1.12. The number of hydrogen-bond acceptors (Lipinski definition) is 5. The molecule has 116 valence electrons. The first-order valence-electron chi connectivity index (χ1n) is 6.80. The SMILES string of the molecule is O=S(=O)(N=S1(=O)CCOCC1)c1ccc(OC2CC2)cc1. The zero-order chi connectivity index (χ0) is 14.9. The van der Waals surface area contributed by atoms with Crippen molar-refractivity contribution in [1.29, 1.82) is 0 Å². The molecule has 0 atom stereocenters. The summed E-state index contributed by atoms with van der Waals surface area (Å²) in [6.07, 6.45) is 2.34. The van der Waals surface area contributed by atoms with Crippen LogP contribution >= 0.6 is 0 Å². The van der Waals surface area contributed by atoms with Gasteiger partial charge in [0.15, 0.2) is 0 Å². The van der Waals surface area contributed by atoms with Crippen LogP contribution in [0.3, 0.4) is 0 Å². The van der Waals surface area contributed by atoms with Crippen molar-refractivity contribution < 1.29 is 22.1 Å². The summed E-state index contributed by atoms with van der Waals surface area (Å²) in [5.74, 6) is 0.969. The smallest absolute Gasteiger partial charge is 0.290 e. The van der Waals surface area contributed by atoms with E-state index in [-0.39, 0.29) is 35.7 Å². The van der Waals surface area contributed by atoms with Crippen LogP contribution < -0.4 is 4.74 Å². The van der Waals surface area contributed by atoms with Crippen LogP contribution in [0.5, 0.6) is 5.75 Å². The van der Waals surface area contributed by atoms with Crippen LogP contribution in [0.15, 0.2) is 32.9 Å². The highest BCUT2D eigenvalue weighted by molar-refractivity contribution is 8.03. The van der Waals surface area contributed by atoms with Crippen LogP contribution in [0.1, 0.15) is 12.8 Å². The molecule has 1 aliphatic carbocycles. The van der Waals surface area contributed by atoms with Gasteiger partial charge in [0, 0.05) is 0 Å². The molecule has 0 radical (unpaired) electrons. The molecule has 1 aromatic carbocycles. The van der Waals surface area contributed by atoms with Gasteiger partial charge in [-0.05, 0) is 37.1 Å². The molecule has 0 spiro atoms. The van der Waals surface area contributed by atoms with Crippen molar-refractivity contribution in [1.82, 2.24) is 0 Å². The number of benzene rings is 1. The minimum atomic E-state index is -3.91. The highest BCUT2D eigenvalue weighted by Gasteiger charge is 2.24. The van der Waals surface area contributed by atoms with Crippen molar-refractivity contribution >= 4 is 19.8 Å². The maximum Gasteiger partial charge on any atom is 0.290 e. The van der Waals surface area contributed by atoms with E-state index in [9.17, 15) is 12.6 Å². The fourth-order valence-corrected chi connectivity index (χ4v) is 5.76. The van der Waals surface area contributed by atoms with E-state index in [1.807, 2.05) is 0 Å². The van der Waals surface area contributed by atoms with E-state index in [0.29, 0.717) is 5.75 Å². The topological polar surface area (TPSA) is 82.0 Å². The zero-order valence-electron chi connectivity index (χ0n) is 11.4. The number of nitrogens with zero attached hydrogens (tertiary/aromatic N) is 1. The normalized spacial score (nSPS) is 21.7. The standard InChI is InChI=1S/C13H17NO5S2/c15-20(9-7-18-8-10-20)14-21(16,17)13-5-3-12(4-6-13)19-11-1-2-11/h3-6,11H,1-2,7-10H2. The molecule has 0 bridgehead atoms. The minimum absolute atomic E-state index is 0.0415. The van der Waals surface area contributed by atoms with Crippen LogP contribution in [0.2, 0.25) is 0 Å². The quantitative estimate of drug-likeness (QED) is 0.833. The summed E-state index contributed by atoms with van der Waals surface area (Å²) in [5, 5.41) is 0. The molecule has 1 saturated carbocycles. The third-order valence-electron chi connectivity index (χ3n) is 3.28. The van der Waals surface area contributed by atoms with Gasteiger partial charge in [-0.25, -0.2) is 4.21 Å². The van der Waals surface area contributed by atoms with Gasteiger partial charge in [0.1, 0.15) is 5.75 Å². The lowest BCUT2D eigenvalue weighted by Crippen LogP contribution is -2.26. The third-order valence-corrected chi connectivity index (χ3v) is 7.62. The summed E-state index contributed by atoms with van der Waals surface area (Å²) < 4.78 is 51.1. The molecule has 8 heteroatoms.